The Labute approximate surface area is 133 Å². The van der Waals surface area contributed by atoms with Gasteiger partial charge in [0.1, 0.15) is 5.60 Å². The Hall–Kier alpha value is -1.12. The molecule has 1 aliphatic rings. The fourth-order valence-corrected chi connectivity index (χ4v) is 2.75. The molecule has 7 nitrogen and oxygen atoms in total. The Morgan fingerprint density at radius 2 is 2.00 bits per heavy atom. The summed E-state index contributed by atoms with van der Waals surface area (Å²) < 4.78 is 13.4. The molecule has 1 aromatic heterocycles. The van der Waals surface area contributed by atoms with E-state index in [0.717, 1.165) is 43.7 Å². The fourth-order valence-electron chi connectivity index (χ4n) is 1.97. The van der Waals surface area contributed by atoms with Gasteiger partial charge in [0.05, 0.1) is 18.4 Å². The van der Waals surface area contributed by atoms with Crippen LogP contribution in [0.4, 0.5) is 10.6 Å². The van der Waals surface area contributed by atoms with E-state index in [4.69, 9.17) is 16.3 Å². The van der Waals surface area contributed by atoms with Crippen LogP contribution in [0, 0.1) is 0 Å². The number of rotatable bonds is 3. The number of halogens is 1. The van der Waals surface area contributed by atoms with Gasteiger partial charge >= 0.3 is 6.09 Å². The van der Waals surface area contributed by atoms with E-state index in [2.05, 4.69) is 23.9 Å². The summed E-state index contributed by atoms with van der Waals surface area (Å²) in [4.78, 5) is 15.8. The van der Waals surface area contributed by atoms with Crippen LogP contribution in [0.2, 0.25) is 5.15 Å². The van der Waals surface area contributed by atoms with Crippen molar-refractivity contribution in [1.82, 2.24) is 19.0 Å². The molecule has 1 aromatic rings. The third-order valence-electron chi connectivity index (χ3n) is 2.95. The maximum absolute atomic E-state index is 11.6. The van der Waals surface area contributed by atoms with Gasteiger partial charge in [-0.25, -0.2) is 4.79 Å². The molecule has 0 aliphatic carbocycles. The van der Waals surface area contributed by atoms with Gasteiger partial charge in [-0.05, 0) is 20.8 Å². The molecule has 118 valence electrons. The molecule has 0 aromatic carbocycles. The molecule has 1 saturated heterocycles. The van der Waals surface area contributed by atoms with E-state index in [1.54, 1.807) is 0 Å². The molecule has 1 aliphatic heterocycles. The number of ether oxygens (including phenoxy) is 1. The van der Waals surface area contributed by atoms with Crippen LogP contribution in [0.25, 0.3) is 0 Å². The second-order valence-electron chi connectivity index (χ2n) is 5.82. The quantitative estimate of drug-likeness (QED) is 0.909. The number of aromatic nitrogens is 2. The van der Waals surface area contributed by atoms with Crippen LogP contribution >= 0.6 is 23.3 Å². The van der Waals surface area contributed by atoms with Crippen LogP contribution in [-0.2, 0) is 4.74 Å². The summed E-state index contributed by atoms with van der Waals surface area (Å²) in [5, 5.41) is 3.22. The van der Waals surface area contributed by atoms with E-state index in [0.29, 0.717) is 11.8 Å². The van der Waals surface area contributed by atoms with Crippen molar-refractivity contribution in [2.45, 2.75) is 26.4 Å². The van der Waals surface area contributed by atoms with Gasteiger partial charge in [0, 0.05) is 26.2 Å². The number of alkyl carbamates (subject to hydrolysis) is 1. The van der Waals surface area contributed by atoms with Crippen molar-refractivity contribution in [1.29, 1.82) is 0 Å². The van der Waals surface area contributed by atoms with Crippen LogP contribution in [0.5, 0.6) is 0 Å². The van der Waals surface area contributed by atoms with Crippen molar-refractivity contribution < 1.29 is 9.53 Å². The number of hydrogen-bond donors (Lipinski definition) is 1. The number of carbonyl (C=O) groups is 1. The zero-order chi connectivity index (χ0) is 15.5. The average Bonchev–Trinajstić information content (AvgIpc) is 2.81. The maximum Gasteiger partial charge on any atom is 0.408 e. The normalized spacial score (nSPS) is 16.9. The standard InChI is InChI=1S/C12H20ClN5O2S/c1-12(2,3)20-11(19)14-8-17-4-6-18(7-5-17)10-9(13)15-21-16-10/h4-8H2,1-3H3,(H,14,19). The summed E-state index contributed by atoms with van der Waals surface area (Å²) in [6.45, 7) is 9.27. The highest BCUT2D eigenvalue weighted by atomic mass is 35.5. The average molecular weight is 334 g/mol. The molecule has 21 heavy (non-hydrogen) atoms. The Kier molecular flexibility index (Phi) is 5.23. The van der Waals surface area contributed by atoms with E-state index < -0.39 is 11.7 Å². The fraction of sp³-hybridized carbons (Fsp3) is 0.750. The Morgan fingerprint density at radius 3 is 2.52 bits per heavy atom. The number of carbonyl (C=O) groups excluding carboxylic acids is 1. The lowest BCUT2D eigenvalue weighted by Gasteiger charge is -2.34. The minimum absolute atomic E-state index is 0.392. The van der Waals surface area contributed by atoms with Gasteiger partial charge in [0.2, 0.25) is 0 Å². The van der Waals surface area contributed by atoms with E-state index in [1.165, 1.54) is 0 Å². The molecule has 2 rings (SSSR count). The molecule has 2 heterocycles. The molecule has 0 radical (unpaired) electrons. The van der Waals surface area contributed by atoms with E-state index in [1.807, 2.05) is 20.8 Å². The zero-order valence-corrected chi connectivity index (χ0v) is 14.0. The number of amides is 1. The summed E-state index contributed by atoms with van der Waals surface area (Å²) in [7, 11) is 0. The van der Waals surface area contributed by atoms with Crippen molar-refractivity contribution in [2.24, 2.45) is 0 Å². The highest BCUT2D eigenvalue weighted by Gasteiger charge is 2.22. The van der Waals surface area contributed by atoms with Gasteiger partial charge in [0.15, 0.2) is 11.0 Å². The lowest BCUT2D eigenvalue weighted by atomic mass is 10.2. The van der Waals surface area contributed by atoms with Crippen LogP contribution in [0.1, 0.15) is 20.8 Å². The number of anilines is 1. The van der Waals surface area contributed by atoms with Crippen LogP contribution < -0.4 is 10.2 Å². The molecule has 1 fully saturated rings. The zero-order valence-electron chi connectivity index (χ0n) is 12.4. The van der Waals surface area contributed by atoms with Crippen LogP contribution in [0.15, 0.2) is 0 Å². The van der Waals surface area contributed by atoms with Gasteiger partial charge in [-0.2, -0.15) is 8.75 Å². The number of piperazine rings is 1. The topological polar surface area (TPSA) is 70.6 Å². The first-order valence-corrected chi connectivity index (χ1v) is 7.88. The number of hydrogen-bond acceptors (Lipinski definition) is 7. The highest BCUT2D eigenvalue weighted by Crippen LogP contribution is 2.23. The first-order valence-electron chi connectivity index (χ1n) is 6.77. The molecule has 0 unspecified atom stereocenters. The molecular weight excluding hydrogens is 314 g/mol. The van der Waals surface area contributed by atoms with Crippen LogP contribution in [-0.4, -0.2) is 58.2 Å². The molecule has 9 heteroatoms. The predicted octanol–water partition coefficient (Wildman–Crippen LogP) is 1.80. The molecule has 0 atom stereocenters. The molecule has 0 saturated carbocycles. The monoisotopic (exact) mass is 333 g/mol. The van der Waals surface area contributed by atoms with Crippen LogP contribution in [0.3, 0.4) is 0 Å². The smallest absolute Gasteiger partial charge is 0.408 e. The van der Waals surface area contributed by atoms with Gasteiger partial charge in [-0.1, -0.05) is 11.6 Å². The predicted molar refractivity (Wildman–Crippen MR) is 82.9 cm³/mol. The second-order valence-corrected chi connectivity index (χ2v) is 6.71. The SMILES string of the molecule is CC(C)(C)OC(=O)NCN1CCN(c2nsnc2Cl)CC1. The van der Waals surface area contributed by atoms with Gasteiger partial charge in [-0.15, -0.1) is 0 Å². The molecule has 0 bridgehead atoms. The molecular formula is C12H20ClN5O2S. The maximum atomic E-state index is 11.6. The van der Waals surface area contributed by atoms with Gasteiger partial charge in [-0.3, -0.25) is 4.90 Å². The van der Waals surface area contributed by atoms with Gasteiger partial charge < -0.3 is 15.0 Å². The Balaban J connectivity index is 1.72. The third-order valence-corrected chi connectivity index (χ3v) is 3.82. The summed E-state index contributed by atoms with van der Waals surface area (Å²) in [5.74, 6) is 0.751. The Bertz CT molecular complexity index is 482. The van der Waals surface area contributed by atoms with Crippen molar-refractivity contribution in [3.05, 3.63) is 5.15 Å². The largest absolute Gasteiger partial charge is 0.444 e. The minimum Gasteiger partial charge on any atom is -0.444 e. The summed E-state index contributed by atoms with van der Waals surface area (Å²) in [5.41, 5.74) is -0.475. The number of nitrogens with zero attached hydrogens (tertiary/aromatic N) is 4. The summed E-state index contributed by atoms with van der Waals surface area (Å²) in [6.07, 6.45) is -0.392. The first kappa shape index (κ1) is 16.3. The first-order chi connectivity index (χ1) is 9.85. The van der Waals surface area contributed by atoms with Crippen molar-refractivity contribution >= 4 is 35.2 Å². The van der Waals surface area contributed by atoms with Crippen molar-refractivity contribution in [2.75, 3.05) is 37.7 Å². The third kappa shape index (κ3) is 4.98. The summed E-state index contributed by atoms with van der Waals surface area (Å²) >= 11 is 7.10. The lowest BCUT2D eigenvalue weighted by molar-refractivity contribution is 0.0489. The van der Waals surface area contributed by atoms with E-state index in [9.17, 15) is 4.79 Å². The van der Waals surface area contributed by atoms with E-state index >= 15 is 0 Å². The molecule has 1 amide bonds. The van der Waals surface area contributed by atoms with Crippen molar-refractivity contribution in [3.8, 4) is 0 Å². The molecule has 1 N–H and O–H groups in total. The molecule has 0 spiro atoms. The summed E-state index contributed by atoms with van der Waals surface area (Å²) in [6, 6.07) is 0. The second kappa shape index (κ2) is 6.76. The van der Waals surface area contributed by atoms with Gasteiger partial charge in [0.25, 0.3) is 0 Å². The lowest BCUT2D eigenvalue weighted by Crippen LogP contribution is -2.50. The van der Waals surface area contributed by atoms with E-state index in [-0.39, 0.29) is 0 Å². The number of nitrogens with one attached hydrogen (secondary N) is 1. The highest BCUT2D eigenvalue weighted by molar-refractivity contribution is 6.99. The van der Waals surface area contributed by atoms with Crippen molar-refractivity contribution in [3.63, 3.8) is 0 Å². The minimum atomic E-state index is -0.475. The Morgan fingerprint density at radius 1 is 1.33 bits per heavy atom.